The van der Waals surface area contributed by atoms with Crippen LogP contribution < -0.4 is 0 Å². The topological polar surface area (TPSA) is 6.48 Å². The Labute approximate surface area is 70.2 Å². The first-order valence-electron chi connectivity index (χ1n) is 4.47. The Bertz CT molecular complexity index is 134. The molecule has 1 heterocycles. The van der Waals surface area contributed by atoms with E-state index in [1.54, 1.807) is 0 Å². The highest BCUT2D eigenvalue weighted by Crippen LogP contribution is 2.27. The monoisotopic (exact) mass is 156 g/mol. The van der Waals surface area contributed by atoms with Crippen molar-refractivity contribution in [2.75, 3.05) is 34.2 Å². The van der Waals surface area contributed by atoms with E-state index < -0.39 is 0 Å². The molecular weight excluding hydrogens is 136 g/mol. The zero-order chi connectivity index (χ0) is 8.48. The minimum absolute atomic E-state index is 0.467. The lowest BCUT2D eigenvalue weighted by molar-refractivity contribution is 0.153. The summed E-state index contributed by atoms with van der Waals surface area (Å²) in [6.07, 6.45) is 2.59. The highest BCUT2D eigenvalue weighted by atomic mass is 15.2. The molecule has 2 nitrogen and oxygen atoms in total. The van der Waals surface area contributed by atoms with Crippen molar-refractivity contribution in [2.45, 2.75) is 25.3 Å². The Morgan fingerprint density at radius 2 is 2.09 bits per heavy atom. The normalized spacial score (nSPS) is 33.5. The number of likely N-dealkylation sites (tertiary alicyclic amines) is 1. The quantitative estimate of drug-likeness (QED) is 0.589. The smallest absolute Gasteiger partial charge is 0.0339 e. The van der Waals surface area contributed by atoms with E-state index in [4.69, 9.17) is 0 Å². The second-order valence-corrected chi connectivity index (χ2v) is 3.96. The second kappa shape index (κ2) is 3.11. The zero-order valence-electron chi connectivity index (χ0n) is 8.22. The maximum Gasteiger partial charge on any atom is 0.0339 e. The van der Waals surface area contributed by atoms with Gasteiger partial charge in [0.1, 0.15) is 0 Å². The van der Waals surface area contributed by atoms with Crippen molar-refractivity contribution in [3.63, 3.8) is 0 Å². The lowest BCUT2D eigenvalue weighted by Crippen LogP contribution is -2.45. The molecule has 0 aromatic heterocycles. The summed E-state index contributed by atoms with van der Waals surface area (Å²) in [4.78, 5) is 4.81. The third-order valence-electron chi connectivity index (χ3n) is 3.13. The van der Waals surface area contributed by atoms with Gasteiger partial charge in [-0.1, -0.05) is 6.92 Å². The van der Waals surface area contributed by atoms with Crippen LogP contribution in [0.2, 0.25) is 0 Å². The van der Waals surface area contributed by atoms with Gasteiger partial charge in [0.05, 0.1) is 0 Å². The molecule has 11 heavy (non-hydrogen) atoms. The second-order valence-electron chi connectivity index (χ2n) is 3.96. The number of hydrogen-bond acceptors (Lipinski definition) is 2. The highest BCUT2D eigenvalue weighted by molar-refractivity contribution is 4.94. The minimum atomic E-state index is 0.467. The fourth-order valence-electron chi connectivity index (χ4n) is 2.03. The molecule has 1 unspecified atom stereocenters. The van der Waals surface area contributed by atoms with Gasteiger partial charge in [0.2, 0.25) is 0 Å². The molecule has 0 aromatic carbocycles. The summed E-state index contributed by atoms with van der Waals surface area (Å²) in [5.74, 6) is 0. The fourth-order valence-corrected chi connectivity index (χ4v) is 2.03. The summed E-state index contributed by atoms with van der Waals surface area (Å²) in [6.45, 7) is 4.78. The molecule has 1 aliphatic rings. The third kappa shape index (κ3) is 1.57. The van der Waals surface area contributed by atoms with Crippen LogP contribution >= 0.6 is 0 Å². The molecule has 0 bridgehead atoms. The van der Waals surface area contributed by atoms with Crippen LogP contribution in [-0.4, -0.2) is 49.6 Å². The fraction of sp³-hybridized carbons (Fsp3) is 1.00. The van der Waals surface area contributed by atoms with Gasteiger partial charge < -0.3 is 9.80 Å². The van der Waals surface area contributed by atoms with Crippen molar-refractivity contribution in [3.8, 4) is 0 Å². The Morgan fingerprint density at radius 3 is 2.27 bits per heavy atom. The van der Waals surface area contributed by atoms with Gasteiger partial charge in [0.25, 0.3) is 0 Å². The highest BCUT2D eigenvalue weighted by Gasteiger charge is 2.36. The van der Waals surface area contributed by atoms with Crippen molar-refractivity contribution in [3.05, 3.63) is 0 Å². The SMILES string of the molecule is CCC1(N(C)C)CCN(C)C1. The van der Waals surface area contributed by atoms with Crippen LogP contribution in [0.3, 0.4) is 0 Å². The molecule has 0 saturated carbocycles. The predicted molar refractivity (Wildman–Crippen MR) is 48.8 cm³/mol. The van der Waals surface area contributed by atoms with Gasteiger partial charge in [-0.3, -0.25) is 0 Å². The first kappa shape index (κ1) is 9.01. The molecular formula is C9H20N2. The molecule has 1 saturated heterocycles. The molecule has 0 aromatic rings. The van der Waals surface area contributed by atoms with Crippen molar-refractivity contribution in [2.24, 2.45) is 0 Å². The molecule has 2 heteroatoms. The van der Waals surface area contributed by atoms with Crippen LogP contribution in [0.1, 0.15) is 19.8 Å². The number of rotatable bonds is 2. The van der Waals surface area contributed by atoms with E-state index in [2.05, 4.69) is 37.9 Å². The first-order valence-corrected chi connectivity index (χ1v) is 4.47. The van der Waals surface area contributed by atoms with Gasteiger partial charge in [-0.05, 0) is 40.5 Å². The van der Waals surface area contributed by atoms with Gasteiger partial charge in [-0.15, -0.1) is 0 Å². The third-order valence-corrected chi connectivity index (χ3v) is 3.13. The molecule has 0 amide bonds. The van der Waals surface area contributed by atoms with Gasteiger partial charge in [-0.25, -0.2) is 0 Å². The molecule has 0 aliphatic carbocycles. The first-order chi connectivity index (χ1) is 5.10. The molecule has 0 radical (unpaired) electrons. The zero-order valence-corrected chi connectivity index (χ0v) is 8.22. The lowest BCUT2D eigenvalue weighted by Gasteiger charge is -2.35. The molecule has 66 valence electrons. The van der Waals surface area contributed by atoms with Crippen molar-refractivity contribution < 1.29 is 0 Å². The Morgan fingerprint density at radius 1 is 1.45 bits per heavy atom. The van der Waals surface area contributed by atoms with Crippen LogP contribution in [0.25, 0.3) is 0 Å². The van der Waals surface area contributed by atoms with E-state index in [-0.39, 0.29) is 0 Å². The van der Waals surface area contributed by atoms with Crippen LogP contribution in [0.5, 0.6) is 0 Å². The van der Waals surface area contributed by atoms with Gasteiger partial charge in [0, 0.05) is 12.1 Å². The molecule has 0 N–H and O–H groups in total. The van der Waals surface area contributed by atoms with Gasteiger partial charge in [-0.2, -0.15) is 0 Å². The van der Waals surface area contributed by atoms with Crippen LogP contribution in [0, 0.1) is 0 Å². The summed E-state index contributed by atoms with van der Waals surface area (Å²) in [7, 11) is 6.60. The number of hydrogen-bond donors (Lipinski definition) is 0. The lowest BCUT2D eigenvalue weighted by atomic mass is 9.94. The Balaban J connectivity index is 2.62. The molecule has 1 atom stereocenters. The van der Waals surface area contributed by atoms with Crippen LogP contribution in [0.4, 0.5) is 0 Å². The number of likely N-dealkylation sites (N-methyl/N-ethyl adjacent to an activating group) is 2. The summed E-state index contributed by atoms with van der Waals surface area (Å²) in [5, 5.41) is 0. The van der Waals surface area contributed by atoms with Crippen molar-refractivity contribution in [1.82, 2.24) is 9.80 Å². The van der Waals surface area contributed by atoms with Crippen LogP contribution in [0.15, 0.2) is 0 Å². The summed E-state index contributed by atoms with van der Waals surface area (Å²) >= 11 is 0. The van der Waals surface area contributed by atoms with E-state index in [1.165, 1.54) is 25.9 Å². The molecule has 1 aliphatic heterocycles. The summed E-state index contributed by atoms with van der Waals surface area (Å²) in [6, 6.07) is 0. The van der Waals surface area contributed by atoms with E-state index in [0.29, 0.717) is 5.54 Å². The standard InChI is InChI=1S/C9H20N2/c1-5-9(10(2)3)6-7-11(4)8-9/h5-8H2,1-4H3. The molecule has 1 fully saturated rings. The Kier molecular flexibility index (Phi) is 2.55. The Hall–Kier alpha value is -0.0800. The summed E-state index contributed by atoms with van der Waals surface area (Å²) in [5.41, 5.74) is 0.467. The van der Waals surface area contributed by atoms with E-state index in [9.17, 15) is 0 Å². The average Bonchev–Trinajstić information content (AvgIpc) is 2.33. The van der Waals surface area contributed by atoms with E-state index in [1.807, 2.05) is 0 Å². The molecule has 1 rings (SSSR count). The average molecular weight is 156 g/mol. The predicted octanol–water partition coefficient (Wildman–Crippen LogP) is 1.03. The van der Waals surface area contributed by atoms with Gasteiger partial charge in [0.15, 0.2) is 0 Å². The minimum Gasteiger partial charge on any atom is -0.304 e. The largest absolute Gasteiger partial charge is 0.304 e. The van der Waals surface area contributed by atoms with E-state index in [0.717, 1.165) is 0 Å². The van der Waals surface area contributed by atoms with Gasteiger partial charge >= 0.3 is 0 Å². The summed E-state index contributed by atoms with van der Waals surface area (Å²) < 4.78 is 0. The van der Waals surface area contributed by atoms with E-state index >= 15 is 0 Å². The van der Waals surface area contributed by atoms with Crippen molar-refractivity contribution >= 4 is 0 Å². The van der Waals surface area contributed by atoms with Crippen LogP contribution in [-0.2, 0) is 0 Å². The maximum absolute atomic E-state index is 2.42. The number of nitrogens with zero attached hydrogens (tertiary/aromatic N) is 2. The van der Waals surface area contributed by atoms with Crippen molar-refractivity contribution in [1.29, 1.82) is 0 Å². The maximum atomic E-state index is 2.42. The molecule has 0 spiro atoms.